The van der Waals surface area contributed by atoms with E-state index in [9.17, 15) is 14.4 Å². The summed E-state index contributed by atoms with van der Waals surface area (Å²) in [6, 6.07) is 20.8. The zero-order chi connectivity index (χ0) is 28.1. The molecule has 3 aromatic carbocycles. The topological polar surface area (TPSA) is 102 Å². The number of carbonyl (C=O) groups excluding carboxylic acids is 2. The van der Waals surface area contributed by atoms with Crippen LogP contribution >= 0.6 is 15.9 Å². The molecule has 3 aromatic rings. The van der Waals surface area contributed by atoms with Crippen molar-refractivity contribution in [2.45, 2.75) is 19.8 Å². The number of nitrogens with one attached hydrogen (secondary N) is 2. The maximum absolute atomic E-state index is 13.2. The van der Waals surface area contributed by atoms with E-state index in [0.29, 0.717) is 24.2 Å². The number of nitrogens with zero attached hydrogens (tertiary/aromatic N) is 2. The van der Waals surface area contributed by atoms with Crippen molar-refractivity contribution in [3.05, 3.63) is 87.9 Å². The summed E-state index contributed by atoms with van der Waals surface area (Å²) in [6.45, 7) is 2.87. The number of hydrogen-bond donors (Lipinski definition) is 3. The third-order valence-electron chi connectivity index (χ3n) is 6.45. The second-order valence-corrected chi connectivity index (χ2v) is 10.5. The maximum Gasteiger partial charge on any atom is 0.303 e. The van der Waals surface area contributed by atoms with Crippen molar-refractivity contribution in [3.63, 3.8) is 0 Å². The Morgan fingerprint density at radius 1 is 0.974 bits per heavy atom. The van der Waals surface area contributed by atoms with Crippen LogP contribution in [0.5, 0.6) is 0 Å². The summed E-state index contributed by atoms with van der Waals surface area (Å²) in [6.07, 6.45) is 0.475. The van der Waals surface area contributed by atoms with E-state index in [1.165, 1.54) is 0 Å². The first-order valence-electron chi connectivity index (χ1n) is 12.6. The molecule has 9 heteroatoms. The smallest absolute Gasteiger partial charge is 0.303 e. The number of likely N-dealkylation sites (N-methyl/N-ethyl adjacent to an activating group) is 1. The van der Waals surface area contributed by atoms with Gasteiger partial charge in [-0.1, -0.05) is 46.3 Å². The number of benzene rings is 3. The van der Waals surface area contributed by atoms with Crippen LogP contribution in [-0.4, -0.2) is 55.0 Å². The van der Waals surface area contributed by atoms with Gasteiger partial charge in [0.1, 0.15) is 0 Å². The Bertz CT molecular complexity index is 1420. The molecule has 0 atom stereocenters. The molecule has 4 rings (SSSR count). The zero-order valence-corrected chi connectivity index (χ0v) is 23.7. The van der Waals surface area contributed by atoms with Crippen molar-refractivity contribution in [3.8, 4) is 0 Å². The Morgan fingerprint density at radius 3 is 2.28 bits per heavy atom. The quantitative estimate of drug-likeness (QED) is 0.276. The van der Waals surface area contributed by atoms with E-state index in [1.807, 2.05) is 85.7 Å². The average Bonchev–Trinajstić information content (AvgIpc) is 3.21. The standard InChI is InChI=1S/C30H31BrN4O4/c1-19(36)35(17-16-34(2)3)24-12-10-23(11-13-24)32-29(21-7-4-20(5-8-21)6-15-27(37)38)28-25-14-9-22(31)18-26(25)33-30(28)39/h4-5,7-14,18,32H,6,15-17H2,1-3H3,(H,33,39)(H,37,38). The fraction of sp³-hybridized carbons (Fsp3) is 0.233. The highest BCUT2D eigenvalue weighted by Gasteiger charge is 2.28. The predicted molar refractivity (Wildman–Crippen MR) is 159 cm³/mol. The van der Waals surface area contributed by atoms with Crippen molar-refractivity contribution in [2.75, 3.05) is 42.7 Å². The Kier molecular flexibility index (Phi) is 8.83. The minimum atomic E-state index is -0.845. The van der Waals surface area contributed by atoms with Crippen molar-refractivity contribution in [1.82, 2.24) is 4.90 Å². The highest BCUT2D eigenvalue weighted by Crippen LogP contribution is 2.39. The molecule has 39 heavy (non-hydrogen) atoms. The molecule has 0 aliphatic carbocycles. The van der Waals surface area contributed by atoms with Gasteiger partial charge in [0.2, 0.25) is 5.91 Å². The summed E-state index contributed by atoms with van der Waals surface area (Å²) >= 11 is 3.47. The summed E-state index contributed by atoms with van der Waals surface area (Å²) in [7, 11) is 3.93. The van der Waals surface area contributed by atoms with Crippen LogP contribution in [0.3, 0.4) is 0 Å². The van der Waals surface area contributed by atoms with Crippen LogP contribution in [0, 0.1) is 0 Å². The number of anilines is 3. The molecule has 0 saturated carbocycles. The fourth-order valence-electron chi connectivity index (χ4n) is 4.40. The number of carbonyl (C=O) groups is 3. The molecule has 0 spiro atoms. The normalized spacial score (nSPS) is 13.6. The zero-order valence-electron chi connectivity index (χ0n) is 22.1. The summed E-state index contributed by atoms with van der Waals surface area (Å²) < 4.78 is 0.861. The minimum Gasteiger partial charge on any atom is -0.481 e. The first-order valence-corrected chi connectivity index (χ1v) is 13.4. The molecule has 1 aliphatic rings. The number of aryl methyl sites for hydroxylation is 1. The summed E-state index contributed by atoms with van der Waals surface area (Å²) in [5.41, 5.74) is 5.87. The van der Waals surface area contributed by atoms with E-state index in [2.05, 4.69) is 26.6 Å². The van der Waals surface area contributed by atoms with Crippen LogP contribution in [0.1, 0.15) is 30.0 Å². The van der Waals surface area contributed by atoms with E-state index >= 15 is 0 Å². The van der Waals surface area contributed by atoms with Gasteiger partial charge in [0.05, 0.1) is 17.0 Å². The molecule has 0 bridgehead atoms. The van der Waals surface area contributed by atoms with Crippen molar-refractivity contribution < 1.29 is 19.5 Å². The van der Waals surface area contributed by atoms with E-state index in [-0.39, 0.29) is 18.2 Å². The molecular weight excluding hydrogens is 560 g/mol. The lowest BCUT2D eigenvalue weighted by Crippen LogP contribution is -2.35. The van der Waals surface area contributed by atoms with Crippen molar-refractivity contribution in [1.29, 1.82) is 0 Å². The third-order valence-corrected chi connectivity index (χ3v) is 6.94. The summed E-state index contributed by atoms with van der Waals surface area (Å²) in [4.78, 5) is 40.2. The molecule has 2 amide bonds. The van der Waals surface area contributed by atoms with Gasteiger partial charge in [-0.3, -0.25) is 14.4 Å². The number of hydrogen-bond acceptors (Lipinski definition) is 5. The molecule has 0 unspecified atom stereocenters. The first kappa shape index (κ1) is 28.1. The summed E-state index contributed by atoms with van der Waals surface area (Å²) in [5.74, 6) is -1.10. The lowest BCUT2D eigenvalue weighted by molar-refractivity contribution is -0.137. The molecule has 8 nitrogen and oxygen atoms in total. The second-order valence-electron chi connectivity index (χ2n) is 9.63. The molecule has 0 saturated heterocycles. The minimum absolute atomic E-state index is 0.0336. The van der Waals surface area contributed by atoms with Gasteiger partial charge in [0, 0.05) is 47.8 Å². The number of halogens is 1. The van der Waals surface area contributed by atoms with Crippen molar-refractivity contribution in [2.24, 2.45) is 0 Å². The largest absolute Gasteiger partial charge is 0.481 e. The Morgan fingerprint density at radius 2 is 1.67 bits per heavy atom. The molecule has 0 aromatic heterocycles. The van der Waals surface area contributed by atoms with Gasteiger partial charge in [-0.2, -0.15) is 0 Å². The van der Waals surface area contributed by atoms with Gasteiger partial charge in [-0.25, -0.2) is 0 Å². The van der Waals surface area contributed by atoms with Crippen LogP contribution in [0.4, 0.5) is 17.1 Å². The van der Waals surface area contributed by atoms with Gasteiger partial charge in [0.25, 0.3) is 5.91 Å². The molecule has 202 valence electrons. The van der Waals surface area contributed by atoms with E-state index in [4.69, 9.17) is 5.11 Å². The Balaban J connectivity index is 1.70. The molecule has 0 radical (unpaired) electrons. The van der Waals surface area contributed by atoms with Crippen LogP contribution in [-0.2, 0) is 20.8 Å². The lowest BCUT2D eigenvalue weighted by Gasteiger charge is -2.23. The number of carboxylic acids is 1. The van der Waals surface area contributed by atoms with E-state index in [1.54, 1.807) is 11.8 Å². The lowest BCUT2D eigenvalue weighted by atomic mass is 9.98. The van der Waals surface area contributed by atoms with Gasteiger partial charge >= 0.3 is 5.97 Å². The molecule has 1 heterocycles. The number of amides is 2. The molecule has 1 aliphatic heterocycles. The highest BCUT2D eigenvalue weighted by molar-refractivity contribution is 9.10. The van der Waals surface area contributed by atoms with E-state index < -0.39 is 5.97 Å². The molecular formula is C30H31BrN4O4. The average molecular weight is 592 g/mol. The van der Waals surface area contributed by atoms with Crippen molar-refractivity contribution >= 4 is 62.0 Å². The van der Waals surface area contributed by atoms with Crippen LogP contribution in [0.2, 0.25) is 0 Å². The number of aliphatic carboxylic acids is 1. The van der Waals surface area contributed by atoms with Crippen LogP contribution in [0.25, 0.3) is 11.3 Å². The van der Waals surface area contributed by atoms with Gasteiger partial charge < -0.3 is 25.5 Å². The monoisotopic (exact) mass is 590 g/mol. The third kappa shape index (κ3) is 6.93. The van der Waals surface area contributed by atoms with Crippen LogP contribution in [0.15, 0.2) is 71.2 Å². The number of fused-ring (bicyclic) bond motifs is 1. The Labute approximate surface area is 236 Å². The van der Waals surface area contributed by atoms with Crippen LogP contribution < -0.4 is 15.5 Å². The van der Waals surface area contributed by atoms with E-state index in [0.717, 1.165) is 44.8 Å². The SMILES string of the molecule is CC(=O)N(CCN(C)C)c1ccc(NC(=C2C(=O)Nc3cc(Br)ccc32)c2ccc(CCC(=O)O)cc2)cc1. The number of rotatable bonds is 10. The highest BCUT2D eigenvalue weighted by atomic mass is 79.9. The summed E-state index contributed by atoms with van der Waals surface area (Å²) in [5, 5.41) is 15.4. The van der Waals surface area contributed by atoms with Gasteiger partial charge in [0.15, 0.2) is 0 Å². The fourth-order valence-corrected chi connectivity index (χ4v) is 4.76. The molecule has 0 fully saturated rings. The first-order chi connectivity index (χ1) is 18.6. The molecule has 3 N–H and O–H groups in total. The maximum atomic E-state index is 13.2. The Hall–Kier alpha value is -3.95. The van der Waals surface area contributed by atoms with Gasteiger partial charge in [-0.05, 0) is 68.0 Å². The van der Waals surface area contributed by atoms with Gasteiger partial charge in [-0.15, -0.1) is 0 Å². The number of carboxylic acid groups (broad SMARTS) is 1. The second kappa shape index (κ2) is 12.3. The predicted octanol–water partition coefficient (Wildman–Crippen LogP) is 5.31.